The van der Waals surface area contributed by atoms with E-state index in [4.69, 9.17) is 0 Å². The van der Waals surface area contributed by atoms with Crippen LogP contribution >= 0.6 is 0 Å². The van der Waals surface area contributed by atoms with Gasteiger partial charge in [-0.05, 0) is 24.3 Å². The number of imidazole rings is 1. The van der Waals surface area contributed by atoms with Gasteiger partial charge in [-0.25, -0.2) is 23.0 Å². The Labute approximate surface area is 171 Å². The van der Waals surface area contributed by atoms with Gasteiger partial charge in [-0.15, -0.1) is 0 Å². The number of nitro benzene ring substituents is 1. The molecule has 0 unspecified atom stereocenters. The molecule has 0 saturated carbocycles. The molecule has 30 heavy (non-hydrogen) atoms. The van der Waals surface area contributed by atoms with Crippen molar-refractivity contribution in [3.8, 4) is 5.82 Å². The number of non-ortho nitro benzene ring substituents is 1. The van der Waals surface area contributed by atoms with Gasteiger partial charge in [-0.1, -0.05) is 18.7 Å². The molecule has 1 N–H and O–H groups in total. The summed E-state index contributed by atoms with van der Waals surface area (Å²) < 4.78 is 31.5. The minimum Gasteiger partial charge on any atom is -0.258 e. The highest BCUT2D eigenvalue weighted by Gasteiger charge is 2.23. The van der Waals surface area contributed by atoms with Gasteiger partial charge in [-0.3, -0.25) is 14.8 Å². The zero-order valence-electron chi connectivity index (χ0n) is 15.4. The van der Waals surface area contributed by atoms with E-state index in [9.17, 15) is 18.5 Å². The van der Waals surface area contributed by atoms with Crippen molar-refractivity contribution in [1.82, 2.24) is 14.5 Å². The van der Waals surface area contributed by atoms with Gasteiger partial charge in [0, 0.05) is 12.1 Å². The lowest BCUT2D eigenvalue weighted by Gasteiger charge is -2.10. The van der Waals surface area contributed by atoms with E-state index in [-0.39, 0.29) is 22.2 Å². The zero-order chi connectivity index (χ0) is 21.3. The Morgan fingerprint density at radius 3 is 2.37 bits per heavy atom. The standard InChI is InChI=1S/C19H15N6O4S/c1-2-23-11-12-24(13-23)19-18(20-16-5-3-4-6-17(16)21-19)22-30(28,29)15-9-7-14(8-10-15)25(26)27/h2-13H,1H2,(H,20,22)/q+1. The Hall–Kier alpha value is -4.12. The molecule has 0 spiro atoms. The highest BCUT2D eigenvalue weighted by Crippen LogP contribution is 2.24. The lowest BCUT2D eigenvalue weighted by molar-refractivity contribution is -0.566. The van der Waals surface area contributed by atoms with Gasteiger partial charge in [0.25, 0.3) is 27.9 Å². The summed E-state index contributed by atoms with van der Waals surface area (Å²) >= 11 is 0. The number of fused-ring (bicyclic) bond motifs is 1. The Bertz CT molecular complexity index is 1380. The van der Waals surface area contributed by atoms with E-state index in [1.807, 2.05) is 0 Å². The molecule has 2 aromatic carbocycles. The third kappa shape index (κ3) is 3.61. The van der Waals surface area contributed by atoms with Gasteiger partial charge in [0.1, 0.15) is 12.4 Å². The molecular formula is C19H15N6O4S+. The highest BCUT2D eigenvalue weighted by atomic mass is 32.2. The molecule has 0 aliphatic heterocycles. The first kappa shape index (κ1) is 19.2. The molecule has 10 nitrogen and oxygen atoms in total. The summed E-state index contributed by atoms with van der Waals surface area (Å²) in [6.07, 6.45) is 6.64. The second-order valence-electron chi connectivity index (χ2n) is 6.19. The predicted molar refractivity (Wildman–Crippen MR) is 109 cm³/mol. The number of para-hydroxylation sites is 2. The Morgan fingerprint density at radius 2 is 1.77 bits per heavy atom. The molecule has 4 aromatic rings. The summed E-state index contributed by atoms with van der Waals surface area (Å²) in [5.74, 6) is 0.277. The molecule has 0 atom stereocenters. The first-order valence-electron chi connectivity index (χ1n) is 8.63. The van der Waals surface area contributed by atoms with E-state index in [1.54, 1.807) is 58.3 Å². The van der Waals surface area contributed by atoms with Gasteiger partial charge >= 0.3 is 0 Å². The lowest BCUT2D eigenvalue weighted by Crippen LogP contribution is -2.21. The molecule has 2 aromatic heterocycles. The molecule has 0 bridgehead atoms. The van der Waals surface area contributed by atoms with Crippen LogP contribution < -0.4 is 9.29 Å². The SMILES string of the molecule is C=C[n+]1ccn(-c2nc3ccccc3nc2NS(=O)(=O)c2ccc([N+](=O)[O-])cc2)c1. The normalized spacial score (nSPS) is 11.3. The fraction of sp³-hybridized carbons (Fsp3) is 0. The number of sulfonamides is 1. The second kappa shape index (κ2) is 7.37. The smallest absolute Gasteiger partial charge is 0.258 e. The minimum absolute atomic E-state index is 0.0128. The van der Waals surface area contributed by atoms with Gasteiger partial charge in [0.05, 0.1) is 27.1 Å². The average Bonchev–Trinajstić information content (AvgIpc) is 3.22. The average molecular weight is 423 g/mol. The molecular weight excluding hydrogens is 408 g/mol. The fourth-order valence-electron chi connectivity index (χ4n) is 2.78. The van der Waals surface area contributed by atoms with Gasteiger partial charge in [0.2, 0.25) is 5.82 Å². The van der Waals surface area contributed by atoms with E-state index < -0.39 is 14.9 Å². The summed E-state index contributed by atoms with van der Waals surface area (Å²) in [6.45, 7) is 3.68. The maximum absolute atomic E-state index is 12.9. The van der Waals surface area contributed by atoms with Crippen LogP contribution in [0.15, 0.2) is 78.7 Å². The molecule has 4 rings (SSSR count). The van der Waals surface area contributed by atoms with Crippen molar-refractivity contribution < 1.29 is 17.9 Å². The first-order valence-corrected chi connectivity index (χ1v) is 10.1. The summed E-state index contributed by atoms with van der Waals surface area (Å²) in [7, 11) is -4.07. The van der Waals surface area contributed by atoms with Crippen molar-refractivity contribution in [2.75, 3.05) is 4.72 Å². The van der Waals surface area contributed by atoms with Crippen molar-refractivity contribution in [1.29, 1.82) is 0 Å². The lowest BCUT2D eigenvalue weighted by atomic mass is 10.3. The van der Waals surface area contributed by atoms with Crippen LogP contribution in [0.5, 0.6) is 0 Å². The fourth-order valence-corrected chi connectivity index (χ4v) is 3.78. The quantitative estimate of drug-likeness (QED) is 0.289. The van der Waals surface area contributed by atoms with E-state index in [0.717, 1.165) is 24.3 Å². The number of rotatable bonds is 6. The molecule has 0 aliphatic rings. The van der Waals surface area contributed by atoms with E-state index >= 15 is 0 Å². The van der Waals surface area contributed by atoms with Gasteiger partial charge in [0.15, 0.2) is 0 Å². The maximum Gasteiger partial charge on any atom is 0.270 e. The molecule has 0 aliphatic carbocycles. The number of anilines is 1. The van der Waals surface area contributed by atoms with Crippen LogP contribution in [0.3, 0.4) is 0 Å². The largest absolute Gasteiger partial charge is 0.270 e. The molecule has 0 saturated heterocycles. The number of nitrogens with zero attached hydrogens (tertiary/aromatic N) is 5. The third-order valence-corrected chi connectivity index (χ3v) is 5.61. The third-order valence-electron chi connectivity index (χ3n) is 4.25. The molecule has 0 fully saturated rings. The van der Waals surface area contributed by atoms with Crippen molar-refractivity contribution in [3.63, 3.8) is 0 Å². The number of nitro groups is 1. The molecule has 2 heterocycles. The molecule has 11 heteroatoms. The maximum atomic E-state index is 12.9. The number of hydrogen-bond acceptors (Lipinski definition) is 6. The highest BCUT2D eigenvalue weighted by molar-refractivity contribution is 7.92. The number of hydrogen-bond donors (Lipinski definition) is 1. The van der Waals surface area contributed by atoms with Crippen LogP contribution in [0, 0.1) is 10.1 Å². The number of nitrogens with one attached hydrogen (secondary N) is 1. The summed E-state index contributed by atoms with van der Waals surface area (Å²) in [5.41, 5.74) is 0.887. The monoisotopic (exact) mass is 423 g/mol. The van der Waals surface area contributed by atoms with Crippen LogP contribution in [0.2, 0.25) is 0 Å². The van der Waals surface area contributed by atoms with Crippen LogP contribution in [0.4, 0.5) is 11.5 Å². The van der Waals surface area contributed by atoms with Crippen LogP contribution in [-0.2, 0) is 10.0 Å². The molecule has 0 radical (unpaired) electrons. The molecule has 150 valence electrons. The Morgan fingerprint density at radius 1 is 1.10 bits per heavy atom. The van der Waals surface area contributed by atoms with Crippen molar-refractivity contribution in [2.24, 2.45) is 0 Å². The second-order valence-corrected chi connectivity index (χ2v) is 7.87. The van der Waals surface area contributed by atoms with E-state index in [0.29, 0.717) is 11.0 Å². The Kier molecular flexibility index (Phi) is 4.72. The van der Waals surface area contributed by atoms with Crippen molar-refractivity contribution in [2.45, 2.75) is 4.90 Å². The van der Waals surface area contributed by atoms with Crippen LogP contribution in [-0.4, -0.2) is 27.9 Å². The Balaban J connectivity index is 1.81. The summed E-state index contributed by atoms with van der Waals surface area (Å²) in [6, 6.07) is 11.6. The van der Waals surface area contributed by atoms with Gasteiger partial charge in [-0.2, -0.15) is 4.57 Å². The topological polar surface area (TPSA) is 124 Å². The minimum atomic E-state index is -4.07. The van der Waals surface area contributed by atoms with E-state index in [2.05, 4.69) is 21.3 Å². The zero-order valence-corrected chi connectivity index (χ0v) is 16.2. The van der Waals surface area contributed by atoms with Crippen molar-refractivity contribution >= 4 is 38.8 Å². The summed E-state index contributed by atoms with van der Waals surface area (Å²) in [5, 5.41) is 10.8. The predicted octanol–water partition coefficient (Wildman–Crippen LogP) is 2.52. The number of benzene rings is 2. The van der Waals surface area contributed by atoms with E-state index in [1.165, 1.54) is 0 Å². The van der Waals surface area contributed by atoms with Crippen LogP contribution in [0.1, 0.15) is 0 Å². The molecule has 0 amide bonds. The van der Waals surface area contributed by atoms with Crippen LogP contribution in [0.25, 0.3) is 23.1 Å². The first-order chi connectivity index (χ1) is 14.4. The number of aromatic nitrogens is 4. The van der Waals surface area contributed by atoms with Gasteiger partial charge < -0.3 is 0 Å². The summed E-state index contributed by atoms with van der Waals surface area (Å²) in [4.78, 5) is 19.1. The van der Waals surface area contributed by atoms with Crippen molar-refractivity contribution in [3.05, 3.63) is 83.9 Å².